The first kappa shape index (κ1) is 15.5. The molecule has 1 aliphatic rings. The minimum absolute atomic E-state index is 0.0504. The zero-order chi connectivity index (χ0) is 15.5. The number of aliphatic hydroxyl groups is 2. The topological polar surface area (TPSA) is 60.8 Å². The summed E-state index contributed by atoms with van der Waals surface area (Å²) >= 11 is 0. The zero-order valence-electron chi connectivity index (χ0n) is 12.2. The predicted octanol–water partition coefficient (Wildman–Crippen LogP) is 1.98. The minimum Gasteiger partial charge on any atom is -0.396 e. The molecule has 0 saturated carbocycles. The van der Waals surface area contributed by atoms with Gasteiger partial charge in [0.2, 0.25) is 0 Å². The highest BCUT2D eigenvalue weighted by molar-refractivity contribution is 6.07. The molecule has 2 atom stereocenters. The van der Waals surface area contributed by atoms with E-state index in [1.54, 1.807) is 36.1 Å². The van der Waals surface area contributed by atoms with E-state index in [2.05, 4.69) is 6.58 Å². The monoisotopic (exact) mass is 287 g/mol. The minimum atomic E-state index is -1.56. The maximum atomic E-state index is 12.7. The largest absolute Gasteiger partial charge is 0.396 e. The second-order valence-corrected chi connectivity index (χ2v) is 5.22. The molecule has 1 aliphatic heterocycles. The molecule has 1 aromatic rings. The van der Waals surface area contributed by atoms with Gasteiger partial charge in [-0.3, -0.25) is 4.79 Å². The lowest BCUT2D eigenvalue weighted by Gasteiger charge is -2.27. The van der Waals surface area contributed by atoms with Crippen LogP contribution in [0.3, 0.4) is 0 Å². The van der Waals surface area contributed by atoms with Crippen molar-refractivity contribution in [3.05, 3.63) is 54.6 Å². The van der Waals surface area contributed by atoms with Crippen LogP contribution in [-0.2, 0) is 10.4 Å². The van der Waals surface area contributed by atoms with Gasteiger partial charge in [0.25, 0.3) is 5.91 Å². The van der Waals surface area contributed by atoms with E-state index in [0.717, 1.165) is 5.69 Å². The van der Waals surface area contributed by atoms with Crippen LogP contribution < -0.4 is 4.90 Å². The number of carbonyl (C=O) groups is 1. The number of aliphatic hydroxyl groups excluding tert-OH is 1. The van der Waals surface area contributed by atoms with Gasteiger partial charge in [-0.2, -0.15) is 0 Å². The van der Waals surface area contributed by atoms with Crippen molar-refractivity contribution in [1.82, 2.24) is 0 Å². The highest BCUT2D eigenvalue weighted by atomic mass is 16.3. The number of rotatable bonds is 6. The molecule has 4 nitrogen and oxygen atoms in total. The molecule has 0 bridgehead atoms. The standard InChI is InChI=1S/C17H21NO3/c1-3-11-18-15-10-5-4-9-14(15)17(21,16(18)20)13(2)8-6-7-12-19/h3-6,8-10,13,19,21H,1,7,11-12H2,2H3/b8-6+/t13-,17+/m1/s1. The Morgan fingerprint density at radius 3 is 2.81 bits per heavy atom. The van der Waals surface area contributed by atoms with Gasteiger partial charge in [0, 0.05) is 24.6 Å². The second-order valence-electron chi connectivity index (χ2n) is 5.22. The van der Waals surface area contributed by atoms with E-state index in [0.29, 0.717) is 18.5 Å². The van der Waals surface area contributed by atoms with E-state index in [1.165, 1.54) is 0 Å². The van der Waals surface area contributed by atoms with Crippen molar-refractivity contribution in [3.8, 4) is 0 Å². The number of anilines is 1. The average Bonchev–Trinajstić information content (AvgIpc) is 2.71. The number of hydrogen-bond acceptors (Lipinski definition) is 3. The summed E-state index contributed by atoms with van der Waals surface area (Å²) in [5.41, 5.74) is -0.212. The van der Waals surface area contributed by atoms with Crippen LogP contribution in [-0.4, -0.2) is 29.3 Å². The molecule has 4 heteroatoms. The summed E-state index contributed by atoms with van der Waals surface area (Å²) in [5.74, 6) is -0.711. The van der Waals surface area contributed by atoms with Gasteiger partial charge < -0.3 is 15.1 Å². The molecule has 1 amide bonds. The van der Waals surface area contributed by atoms with Crippen LogP contribution in [0, 0.1) is 5.92 Å². The van der Waals surface area contributed by atoms with Gasteiger partial charge in [-0.05, 0) is 12.5 Å². The van der Waals surface area contributed by atoms with E-state index >= 15 is 0 Å². The van der Waals surface area contributed by atoms with E-state index < -0.39 is 5.60 Å². The molecule has 0 spiro atoms. The Bertz CT molecular complexity index is 567. The molecule has 112 valence electrons. The first-order valence-corrected chi connectivity index (χ1v) is 7.09. The molecule has 1 aromatic carbocycles. The first-order valence-electron chi connectivity index (χ1n) is 7.09. The number of amides is 1. The summed E-state index contributed by atoms with van der Waals surface area (Å²) in [7, 11) is 0. The third-order valence-electron chi connectivity index (χ3n) is 3.87. The van der Waals surface area contributed by atoms with E-state index in [-0.39, 0.29) is 18.4 Å². The molecule has 0 fully saturated rings. The van der Waals surface area contributed by atoms with Crippen molar-refractivity contribution in [1.29, 1.82) is 0 Å². The molecular formula is C17H21NO3. The molecule has 2 rings (SSSR count). The molecule has 21 heavy (non-hydrogen) atoms. The summed E-state index contributed by atoms with van der Waals surface area (Å²) in [6.07, 6.45) is 5.72. The van der Waals surface area contributed by atoms with Gasteiger partial charge in [-0.25, -0.2) is 0 Å². The number of carbonyl (C=O) groups excluding carboxylic acids is 1. The van der Waals surface area contributed by atoms with E-state index in [4.69, 9.17) is 5.11 Å². The van der Waals surface area contributed by atoms with Gasteiger partial charge in [0.15, 0.2) is 5.60 Å². The van der Waals surface area contributed by atoms with Crippen molar-refractivity contribution in [2.45, 2.75) is 18.9 Å². The Morgan fingerprint density at radius 2 is 2.14 bits per heavy atom. The summed E-state index contributed by atoms with van der Waals surface area (Å²) in [6.45, 7) is 5.89. The van der Waals surface area contributed by atoms with Gasteiger partial charge >= 0.3 is 0 Å². The molecule has 1 heterocycles. The van der Waals surface area contributed by atoms with Crippen molar-refractivity contribution in [2.75, 3.05) is 18.1 Å². The first-order chi connectivity index (χ1) is 10.1. The van der Waals surface area contributed by atoms with Gasteiger partial charge in [0.05, 0.1) is 5.69 Å². The lowest BCUT2D eigenvalue weighted by atomic mass is 9.83. The molecule has 0 unspecified atom stereocenters. The Labute approximate surface area is 125 Å². The summed E-state index contributed by atoms with van der Waals surface area (Å²) in [5, 5.41) is 19.9. The van der Waals surface area contributed by atoms with Crippen LogP contribution in [0.25, 0.3) is 0 Å². The lowest BCUT2D eigenvalue weighted by Crippen LogP contribution is -2.44. The van der Waals surface area contributed by atoms with Crippen LogP contribution >= 0.6 is 0 Å². The summed E-state index contributed by atoms with van der Waals surface area (Å²) in [6, 6.07) is 7.28. The van der Waals surface area contributed by atoms with Crippen LogP contribution in [0.1, 0.15) is 18.9 Å². The number of fused-ring (bicyclic) bond motifs is 1. The Balaban J connectivity index is 2.43. The molecule has 0 saturated heterocycles. The summed E-state index contributed by atoms with van der Waals surface area (Å²) < 4.78 is 0. The zero-order valence-corrected chi connectivity index (χ0v) is 12.2. The van der Waals surface area contributed by atoms with E-state index in [9.17, 15) is 9.90 Å². The number of nitrogens with zero attached hydrogens (tertiary/aromatic N) is 1. The molecule has 0 radical (unpaired) electrons. The van der Waals surface area contributed by atoms with Crippen molar-refractivity contribution >= 4 is 11.6 Å². The Hall–Kier alpha value is -1.91. The average molecular weight is 287 g/mol. The maximum Gasteiger partial charge on any atom is 0.264 e. The van der Waals surface area contributed by atoms with Gasteiger partial charge in [-0.1, -0.05) is 43.4 Å². The second kappa shape index (κ2) is 6.24. The Morgan fingerprint density at radius 1 is 1.43 bits per heavy atom. The van der Waals surface area contributed by atoms with Crippen molar-refractivity contribution < 1.29 is 15.0 Å². The molecule has 0 aromatic heterocycles. The normalized spacial score (nSPS) is 22.6. The Kier molecular flexibility index (Phi) is 4.60. The van der Waals surface area contributed by atoms with E-state index in [1.807, 2.05) is 18.2 Å². The predicted molar refractivity (Wildman–Crippen MR) is 82.9 cm³/mol. The van der Waals surface area contributed by atoms with Gasteiger partial charge in [0.1, 0.15) is 0 Å². The van der Waals surface area contributed by atoms with Crippen LogP contribution in [0.2, 0.25) is 0 Å². The third-order valence-corrected chi connectivity index (χ3v) is 3.87. The third kappa shape index (κ3) is 2.52. The maximum absolute atomic E-state index is 12.7. The van der Waals surface area contributed by atoms with Crippen LogP contribution in [0.15, 0.2) is 49.1 Å². The van der Waals surface area contributed by atoms with Crippen LogP contribution in [0.5, 0.6) is 0 Å². The van der Waals surface area contributed by atoms with Gasteiger partial charge in [-0.15, -0.1) is 6.58 Å². The molecule has 2 N–H and O–H groups in total. The fourth-order valence-corrected chi connectivity index (χ4v) is 2.73. The molecular weight excluding hydrogens is 266 g/mol. The highest BCUT2D eigenvalue weighted by Crippen LogP contribution is 2.44. The number of para-hydroxylation sites is 1. The van der Waals surface area contributed by atoms with Crippen LogP contribution in [0.4, 0.5) is 5.69 Å². The fraction of sp³-hybridized carbons (Fsp3) is 0.353. The van der Waals surface area contributed by atoms with Crippen molar-refractivity contribution in [2.24, 2.45) is 5.92 Å². The van der Waals surface area contributed by atoms with Crippen molar-refractivity contribution in [3.63, 3.8) is 0 Å². The quantitative estimate of drug-likeness (QED) is 0.787. The highest BCUT2D eigenvalue weighted by Gasteiger charge is 2.51. The molecule has 0 aliphatic carbocycles. The number of hydrogen-bond donors (Lipinski definition) is 2. The fourth-order valence-electron chi connectivity index (χ4n) is 2.73. The lowest BCUT2D eigenvalue weighted by molar-refractivity contribution is -0.139. The smallest absolute Gasteiger partial charge is 0.264 e. The summed E-state index contributed by atoms with van der Waals surface area (Å²) in [4.78, 5) is 14.2. The SMILES string of the molecule is C=CCN1C(=O)[C@](O)([C@H](C)/C=C/CCO)c2ccccc21. The number of benzene rings is 1.